The van der Waals surface area contributed by atoms with Crippen LogP contribution in [0, 0.1) is 5.41 Å². The lowest BCUT2D eigenvalue weighted by molar-refractivity contribution is -0.363. The van der Waals surface area contributed by atoms with E-state index in [0.717, 1.165) is 16.7 Å². The monoisotopic (exact) mass is 591 g/mol. The van der Waals surface area contributed by atoms with Crippen LogP contribution in [0.2, 0.25) is 0 Å². The van der Waals surface area contributed by atoms with Crippen molar-refractivity contribution in [2.24, 2.45) is 0 Å². The molecule has 0 aromatic heterocycles. The molecule has 39 heavy (non-hydrogen) atoms. The van der Waals surface area contributed by atoms with Gasteiger partial charge in [0.25, 0.3) is 3.79 Å². The van der Waals surface area contributed by atoms with Crippen LogP contribution in [0.15, 0.2) is 91.0 Å². The molecule has 2 fully saturated rings. The van der Waals surface area contributed by atoms with Crippen LogP contribution in [-0.2, 0) is 41.6 Å². The van der Waals surface area contributed by atoms with Gasteiger partial charge in [0.05, 0.1) is 19.8 Å². The number of rotatable bonds is 8. The van der Waals surface area contributed by atoms with Gasteiger partial charge >= 0.3 is 0 Å². The van der Waals surface area contributed by atoms with Crippen molar-refractivity contribution in [2.45, 2.75) is 54.0 Å². The summed E-state index contributed by atoms with van der Waals surface area (Å²) in [6, 6.07) is 29.1. The molecule has 0 amide bonds. The number of nitrogens with one attached hydrogen (secondary N) is 1. The van der Waals surface area contributed by atoms with Crippen LogP contribution < -0.4 is 0 Å². The summed E-state index contributed by atoms with van der Waals surface area (Å²) >= 11 is 17.8. The fourth-order valence-corrected chi connectivity index (χ4v) is 4.64. The molecule has 0 spiro atoms. The third-order valence-electron chi connectivity index (χ3n) is 6.42. The first-order valence-corrected chi connectivity index (χ1v) is 13.6. The fourth-order valence-electron chi connectivity index (χ4n) is 4.50. The molecule has 7 nitrogen and oxygen atoms in total. The normalized spacial score (nSPS) is 26.9. The lowest BCUT2D eigenvalue weighted by Crippen LogP contribution is -2.64. The molecule has 2 saturated heterocycles. The van der Waals surface area contributed by atoms with Crippen LogP contribution in [-0.4, -0.2) is 47.0 Å². The van der Waals surface area contributed by atoms with Gasteiger partial charge in [0.2, 0.25) is 12.2 Å². The van der Waals surface area contributed by atoms with Crippen LogP contribution in [0.25, 0.3) is 0 Å². The molecule has 0 saturated carbocycles. The van der Waals surface area contributed by atoms with Crippen molar-refractivity contribution in [2.75, 3.05) is 6.61 Å². The summed E-state index contributed by atoms with van der Waals surface area (Å²) in [7, 11) is 0. The van der Waals surface area contributed by atoms with Crippen LogP contribution in [0.4, 0.5) is 0 Å². The third kappa shape index (κ3) is 7.31. The average Bonchev–Trinajstić information content (AvgIpc) is 2.96. The highest BCUT2D eigenvalue weighted by Gasteiger charge is 2.53. The molecule has 2 unspecified atom stereocenters. The topological polar surface area (TPSA) is 79.2 Å². The SMILES string of the molecule is N=C(OC1O[C@@H]2COC(c3ccccc3)O[C@H]2[C@H](OCc2ccccc2)[C@H]1OCc1ccccc1)C(Cl)(Cl)Cl. The Balaban J connectivity index is 1.44. The second-order valence-electron chi connectivity index (χ2n) is 9.19. The van der Waals surface area contributed by atoms with E-state index >= 15 is 0 Å². The molecule has 0 radical (unpaired) electrons. The smallest absolute Gasteiger partial charge is 0.265 e. The minimum Gasteiger partial charge on any atom is -0.445 e. The predicted octanol–water partition coefficient (Wildman–Crippen LogP) is 6.36. The molecule has 3 aromatic rings. The largest absolute Gasteiger partial charge is 0.445 e. The van der Waals surface area contributed by atoms with Gasteiger partial charge in [0.15, 0.2) is 6.29 Å². The standard InChI is InChI=1S/C29H28Cl3NO6/c30-29(31,32)28(33)39-27-25(35-17-20-12-6-2-7-13-20)24(34-16-19-10-4-1-5-11-19)23-22(37-27)18-36-26(38-23)21-14-8-3-9-15-21/h1-15,22-27,33H,16-18H2/t22-,23-,24+,25-,26?,27?/m1/s1. The number of benzene rings is 3. The molecule has 10 heteroatoms. The second kappa shape index (κ2) is 13.0. The van der Waals surface area contributed by atoms with E-state index in [0.29, 0.717) is 0 Å². The molecule has 1 N–H and O–H groups in total. The minimum atomic E-state index is -2.08. The molecule has 5 rings (SSSR count). The van der Waals surface area contributed by atoms with Gasteiger partial charge in [-0.05, 0) is 11.1 Å². The Hall–Kier alpha value is -2.20. The molecule has 2 heterocycles. The first-order chi connectivity index (χ1) is 18.9. The van der Waals surface area contributed by atoms with Gasteiger partial charge in [0, 0.05) is 5.56 Å². The number of ether oxygens (including phenoxy) is 6. The van der Waals surface area contributed by atoms with Crippen molar-refractivity contribution in [3.8, 4) is 0 Å². The van der Waals surface area contributed by atoms with E-state index in [1.165, 1.54) is 0 Å². The second-order valence-corrected chi connectivity index (χ2v) is 11.5. The van der Waals surface area contributed by atoms with E-state index in [1.54, 1.807) is 0 Å². The van der Waals surface area contributed by atoms with Gasteiger partial charge in [0.1, 0.15) is 24.4 Å². The van der Waals surface area contributed by atoms with Gasteiger partial charge in [-0.3, -0.25) is 5.41 Å². The molecule has 0 aliphatic carbocycles. The Morgan fingerprint density at radius 1 is 0.769 bits per heavy atom. The van der Waals surface area contributed by atoms with E-state index in [2.05, 4.69) is 0 Å². The molecular weight excluding hydrogens is 565 g/mol. The molecule has 2 aliphatic rings. The molecule has 0 bridgehead atoms. The predicted molar refractivity (Wildman–Crippen MR) is 148 cm³/mol. The summed E-state index contributed by atoms with van der Waals surface area (Å²) < 4.78 is 35.2. The Morgan fingerprint density at radius 2 is 1.31 bits per heavy atom. The van der Waals surface area contributed by atoms with E-state index in [9.17, 15) is 0 Å². The first-order valence-electron chi connectivity index (χ1n) is 12.5. The summed E-state index contributed by atoms with van der Waals surface area (Å²) in [4.78, 5) is 0. The van der Waals surface area contributed by atoms with Crippen molar-refractivity contribution >= 4 is 40.7 Å². The quantitative estimate of drug-likeness (QED) is 0.186. The van der Waals surface area contributed by atoms with Gasteiger partial charge < -0.3 is 28.4 Å². The van der Waals surface area contributed by atoms with Crippen molar-refractivity contribution in [3.63, 3.8) is 0 Å². The van der Waals surface area contributed by atoms with Gasteiger partial charge in [-0.25, -0.2) is 0 Å². The Labute approximate surface area is 242 Å². The zero-order valence-corrected chi connectivity index (χ0v) is 23.1. The number of hydrogen-bond donors (Lipinski definition) is 1. The van der Waals surface area contributed by atoms with Gasteiger partial charge in [-0.1, -0.05) is 126 Å². The van der Waals surface area contributed by atoms with Crippen LogP contribution in [0.3, 0.4) is 0 Å². The summed E-state index contributed by atoms with van der Waals surface area (Å²) in [5.74, 6) is -0.592. The zero-order chi connectivity index (χ0) is 27.2. The number of alkyl halides is 3. The number of fused-ring (bicyclic) bond motifs is 1. The van der Waals surface area contributed by atoms with E-state index in [4.69, 9.17) is 68.6 Å². The van der Waals surface area contributed by atoms with E-state index < -0.39 is 46.7 Å². The minimum absolute atomic E-state index is 0.196. The Bertz CT molecular complexity index is 1200. The van der Waals surface area contributed by atoms with Crippen LogP contribution in [0.5, 0.6) is 0 Å². The van der Waals surface area contributed by atoms with Crippen LogP contribution >= 0.6 is 34.8 Å². The highest BCUT2D eigenvalue weighted by Crippen LogP contribution is 2.38. The fraction of sp³-hybridized carbons (Fsp3) is 0.345. The van der Waals surface area contributed by atoms with E-state index in [1.807, 2.05) is 91.0 Å². The number of hydrogen-bond acceptors (Lipinski definition) is 7. The Kier molecular flexibility index (Phi) is 9.43. The van der Waals surface area contributed by atoms with E-state index in [-0.39, 0.29) is 19.8 Å². The van der Waals surface area contributed by atoms with Gasteiger partial charge in [-0.2, -0.15) is 0 Å². The summed E-state index contributed by atoms with van der Waals surface area (Å²) in [6.07, 6.45) is -4.41. The molecular formula is C29H28Cl3NO6. The maximum atomic E-state index is 8.18. The maximum Gasteiger partial charge on any atom is 0.265 e. The van der Waals surface area contributed by atoms with Crippen molar-refractivity contribution in [1.82, 2.24) is 0 Å². The molecule has 206 valence electrons. The maximum absolute atomic E-state index is 8.18. The highest BCUT2D eigenvalue weighted by atomic mass is 35.6. The average molecular weight is 593 g/mol. The van der Waals surface area contributed by atoms with Gasteiger partial charge in [-0.15, -0.1) is 0 Å². The summed E-state index contributed by atoms with van der Waals surface area (Å²) in [5.41, 5.74) is 2.78. The first kappa shape index (κ1) is 28.3. The molecule has 3 aromatic carbocycles. The summed E-state index contributed by atoms with van der Waals surface area (Å²) in [6.45, 7) is 0.716. The van der Waals surface area contributed by atoms with Crippen molar-refractivity contribution in [1.29, 1.82) is 5.41 Å². The van der Waals surface area contributed by atoms with Crippen molar-refractivity contribution < 1.29 is 28.4 Å². The third-order valence-corrected chi connectivity index (χ3v) is 6.93. The number of halogens is 3. The highest BCUT2D eigenvalue weighted by molar-refractivity contribution is 6.76. The summed E-state index contributed by atoms with van der Waals surface area (Å²) in [5, 5.41) is 8.18. The van der Waals surface area contributed by atoms with Crippen LogP contribution in [0.1, 0.15) is 23.0 Å². The lowest BCUT2D eigenvalue weighted by Gasteiger charge is -2.48. The Morgan fingerprint density at radius 3 is 1.87 bits per heavy atom. The zero-order valence-electron chi connectivity index (χ0n) is 20.8. The lowest BCUT2D eigenvalue weighted by atomic mass is 9.97. The van der Waals surface area contributed by atoms with Crippen molar-refractivity contribution in [3.05, 3.63) is 108 Å². The molecule has 2 aliphatic heterocycles. The molecule has 6 atom stereocenters.